The summed E-state index contributed by atoms with van der Waals surface area (Å²) in [6, 6.07) is 18.8. The number of amides is 3. The van der Waals surface area contributed by atoms with Gasteiger partial charge in [0.1, 0.15) is 17.5 Å². The van der Waals surface area contributed by atoms with Gasteiger partial charge in [0.25, 0.3) is 15.9 Å². The van der Waals surface area contributed by atoms with E-state index in [2.05, 4.69) is 5.32 Å². The normalized spacial score (nSPS) is 14.5. The lowest BCUT2D eigenvalue weighted by Gasteiger charge is -2.32. The molecule has 0 saturated carbocycles. The number of hydrogen-bond donors (Lipinski definition) is 1. The van der Waals surface area contributed by atoms with E-state index in [0.29, 0.717) is 27.9 Å². The summed E-state index contributed by atoms with van der Waals surface area (Å²) in [6.45, 7) is 1.48. The lowest BCUT2D eigenvalue weighted by Crippen LogP contribution is -2.53. The Kier molecular flexibility index (Phi) is 8.94. The number of carbonyl (C=O) groups is 3. The lowest BCUT2D eigenvalue weighted by molar-refractivity contribution is -0.141. The first-order valence-electron chi connectivity index (χ1n) is 12.3. The van der Waals surface area contributed by atoms with Crippen LogP contribution in [0.2, 0.25) is 10.0 Å². The maximum absolute atomic E-state index is 13.9. The van der Waals surface area contributed by atoms with Crippen molar-refractivity contribution in [2.75, 3.05) is 13.1 Å². The van der Waals surface area contributed by atoms with Crippen molar-refractivity contribution >= 4 is 50.9 Å². The summed E-state index contributed by atoms with van der Waals surface area (Å²) in [5.41, 5.74) is 1.39. The van der Waals surface area contributed by atoms with Crippen molar-refractivity contribution in [3.05, 3.63) is 99.5 Å². The van der Waals surface area contributed by atoms with Crippen molar-refractivity contribution in [2.45, 2.75) is 37.2 Å². The van der Waals surface area contributed by atoms with Crippen LogP contribution in [0, 0.1) is 0 Å². The molecule has 0 aliphatic carbocycles. The Morgan fingerprint density at radius 2 is 1.64 bits per heavy atom. The molecule has 11 heteroatoms. The Morgan fingerprint density at radius 3 is 2.31 bits per heavy atom. The fraction of sp³-hybridized carbons (Fsp3) is 0.250. The standard InChI is InChI=1S/C28H27Cl2N3O5S/c1-2-14-31-27(35)24(16-19-8-4-3-5-9-19)32(17-20-12-13-22(29)23(30)15-20)26(34)18-33-28(36)21-10-6-7-11-25(21)39(33,37)38/h3-13,15,24H,2,14,16-18H2,1H3,(H,31,35)/t24-/m1/s1. The molecule has 0 spiro atoms. The van der Waals surface area contributed by atoms with Gasteiger partial charge < -0.3 is 10.2 Å². The minimum absolute atomic E-state index is 0.00265. The van der Waals surface area contributed by atoms with Crippen molar-refractivity contribution in [3.63, 3.8) is 0 Å². The molecule has 1 aliphatic heterocycles. The van der Waals surface area contributed by atoms with Crippen LogP contribution in [0.3, 0.4) is 0 Å². The summed E-state index contributed by atoms with van der Waals surface area (Å²) in [5, 5.41) is 3.44. The molecule has 3 aromatic rings. The molecule has 3 aromatic carbocycles. The molecule has 204 valence electrons. The second-order valence-corrected chi connectivity index (χ2v) is 11.7. The molecule has 0 radical (unpaired) electrons. The van der Waals surface area contributed by atoms with Gasteiger partial charge >= 0.3 is 0 Å². The van der Waals surface area contributed by atoms with Crippen LogP contribution in [0.25, 0.3) is 0 Å². The highest BCUT2D eigenvalue weighted by atomic mass is 35.5. The molecule has 1 heterocycles. The Bertz CT molecular complexity index is 1500. The van der Waals surface area contributed by atoms with Crippen LogP contribution in [-0.2, 0) is 32.6 Å². The van der Waals surface area contributed by atoms with Gasteiger partial charge in [0, 0.05) is 19.5 Å². The number of carbonyl (C=O) groups excluding carboxylic acids is 3. The van der Waals surface area contributed by atoms with Crippen LogP contribution < -0.4 is 5.32 Å². The molecule has 0 fully saturated rings. The van der Waals surface area contributed by atoms with Gasteiger partial charge in [-0.1, -0.05) is 78.7 Å². The molecule has 1 aliphatic rings. The van der Waals surface area contributed by atoms with E-state index in [9.17, 15) is 22.8 Å². The molecule has 0 saturated heterocycles. The number of nitrogens with one attached hydrogen (secondary N) is 1. The minimum atomic E-state index is -4.23. The number of sulfonamides is 1. The summed E-state index contributed by atoms with van der Waals surface area (Å²) < 4.78 is 26.9. The van der Waals surface area contributed by atoms with Gasteiger partial charge in [-0.25, -0.2) is 12.7 Å². The van der Waals surface area contributed by atoms with E-state index >= 15 is 0 Å². The first-order chi connectivity index (χ1) is 18.6. The van der Waals surface area contributed by atoms with E-state index in [1.54, 1.807) is 24.3 Å². The third kappa shape index (κ3) is 6.27. The van der Waals surface area contributed by atoms with Gasteiger partial charge in [-0.15, -0.1) is 0 Å². The Labute approximate surface area is 237 Å². The van der Waals surface area contributed by atoms with Gasteiger partial charge in [-0.3, -0.25) is 14.4 Å². The van der Waals surface area contributed by atoms with Crippen LogP contribution in [0.5, 0.6) is 0 Å². The van der Waals surface area contributed by atoms with E-state index in [0.717, 1.165) is 5.56 Å². The van der Waals surface area contributed by atoms with Crippen LogP contribution >= 0.6 is 23.2 Å². The lowest BCUT2D eigenvalue weighted by atomic mass is 10.0. The predicted molar refractivity (Wildman–Crippen MR) is 149 cm³/mol. The number of benzene rings is 3. The van der Waals surface area contributed by atoms with Gasteiger partial charge in [0.2, 0.25) is 11.8 Å². The zero-order chi connectivity index (χ0) is 28.2. The van der Waals surface area contributed by atoms with E-state index in [4.69, 9.17) is 23.2 Å². The molecule has 8 nitrogen and oxygen atoms in total. The van der Waals surface area contributed by atoms with Gasteiger partial charge in [0.15, 0.2) is 0 Å². The van der Waals surface area contributed by atoms with Crippen molar-refractivity contribution in [1.29, 1.82) is 0 Å². The fourth-order valence-corrected chi connectivity index (χ4v) is 6.19. The maximum Gasteiger partial charge on any atom is 0.269 e. The zero-order valence-corrected chi connectivity index (χ0v) is 23.5. The highest BCUT2D eigenvalue weighted by Gasteiger charge is 2.43. The number of rotatable bonds is 10. The highest BCUT2D eigenvalue weighted by Crippen LogP contribution is 2.30. The average Bonchev–Trinajstić information content (AvgIpc) is 3.12. The van der Waals surface area contributed by atoms with Gasteiger partial charge in [-0.2, -0.15) is 0 Å². The zero-order valence-electron chi connectivity index (χ0n) is 21.1. The van der Waals surface area contributed by atoms with Crippen molar-refractivity contribution < 1.29 is 22.8 Å². The smallest absolute Gasteiger partial charge is 0.269 e. The average molecular weight is 589 g/mol. The summed E-state index contributed by atoms with van der Waals surface area (Å²) in [5.74, 6) is -1.89. The summed E-state index contributed by atoms with van der Waals surface area (Å²) in [7, 11) is -4.23. The van der Waals surface area contributed by atoms with Crippen molar-refractivity contribution in [2.24, 2.45) is 0 Å². The largest absolute Gasteiger partial charge is 0.354 e. The first-order valence-corrected chi connectivity index (χ1v) is 14.5. The molecule has 39 heavy (non-hydrogen) atoms. The SMILES string of the molecule is CCCNC(=O)[C@@H](Cc1ccccc1)N(Cc1ccc(Cl)c(Cl)c1)C(=O)CN1C(=O)c2ccccc2S1(=O)=O. The number of nitrogens with zero attached hydrogens (tertiary/aromatic N) is 2. The second kappa shape index (κ2) is 12.2. The van der Waals surface area contributed by atoms with Crippen LogP contribution in [0.15, 0.2) is 77.7 Å². The summed E-state index contributed by atoms with van der Waals surface area (Å²) in [4.78, 5) is 41.5. The van der Waals surface area contributed by atoms with Crippen LogP contribution in [0.1, 0.15) is 34.8 Å². The molecular formula is C28H27Cl2N3O5S. The number of halogens is 2. The topological polar surface area (TPSA) is 104 Å². The molecule has 1 N–H and O–H groups in total. The predicted octanol–water partition coefficient (Wildman–Crippen LogP) is 4.30. The van der Waals surface area contributed by atoms with Crippen molar-refractivity contribution in [1.82, 2.24) is 14.5 Å². The van der Waals surface area contributed by atoms with Gasteiger partial charge in [-0.05, 0) is 41.8 Å². The molecule has 4 rings (SSSR count). The van der Waals surface area contributed by atoms with Crippen molar-refractivity contribution in [3.8, 4) is 0 Å². The third-order valence-corrected chi connectivity index (χ3v) is 8.87. The monoisotopic (exact) mass is 587 g/mol. The Balaban J connectivity index is 1.72. The highest BCUT2D eigenvalue weighted by molar-refractivity contribution is 7.90. The quantitative estimate of drug-likeness (QED) is 0.381. The Hall–Kier alpha value is -3.40. The van der Waals surface area contributed by atoms with Crippen LogP contribution in [-0.4, -0.2) is 54.5 Å². The third-order valence-electron chi connectivity index (χ3n) is 6.35. The molecule has 0 bridgehead atoms. The molecule has 0 aromatic heterocycles. The van der Waals surface area contributed by atoms with Gasteiger partial charge in [0.05, 0.1) is 15.6 Å². The van der Waals surface area contributed by atoms with E-state index < -0.39 is 40.3 Å². The van der Waals surface area contributed by atoms with E-state index in [1.165, 1.54) is 23.1 Å². The molecular weight excluding hydrogens is 561 g/mol. The number of fused-ring (bicyclic) bond motifs is 1. The second-order valence-electron chi connectivity index (χ2n) is 9.08. The molecule has 0 unspecified atom stereocenters. The Morgan fingerprint density at radius 1 is 0.949 bits per heavy atom. The summed E-state index contributed by atoms with van der Waals surface area (Å²) >= 11 is 12.3. The molecule has 3 amide bonds. The fourth-order valence-electron chi connectivity index (χ4n) is 4.36. The summed E-state index contributed by atoms with van der Waals surface area (Å²) in [6.07, 6.45) is 0.855. The first kappa shape index (κ1) is 28.6. The number of hydrogen-bond acceptors (Lipinski definition) is 5. The van der Waals surface area contributed by atoms with E-state index in [1.807, 2.05) is 37.3 Å². The maximum atomic E-state index is 13.9. The van der Waals surface area contributed by atoms with Crippen LogP contribution in [0.4, 0.5) is 0 Å². The minimum Gasteiger partial charge on any atom is -0.354 e. The molecule has 1 atom stereocenters. The van der Waals surface area contributed by atoms with E-state index in [-0.39, 0.29) is 28.4 Å².